The molecule has 80 valence electrons. The molecule has 0 amide bonds. The van der Waals surface area contributed by atoms with E-state index in [0.29, 0.717) is 13.2 Å². The predicted molar refractivity (Wildman–Crippen MR) is 58.6 cm³/mol. The van der Waals surface area contributed by atoms with E-state index in [2.05, 4.69) is 5.32 Å². The Bertz CT molecular complexity index is 226. The largest absolute Gasteiger partial charge is 0.387 e. The van der Waals surface area contributed by atoms with Crippen LogP contribution in [-0.2, 0) is 4.74 Å². The zero-order valence-electron chi connectivity index (χ0n) is 8.40. The van der Waals surface area contributed by atoms with Crippen molar-refractivity contribution in [3.8, 4) is 0 Å². The zero-order chi connectivity index (χ0) is 10.2. The Labute approximate surface area is 88.7 Å². The molecule has 0 saturated carbocycles. The van der Waals surface area contributed by atoms with Gasteiger partial charge in [0.2, 0.25) is 0 Å². The molecule has 1 rings (SSSR count). The van der Waals surface area contributed by atoms with Gasteiger partial charge in [0.25, 0.3) is 0 Å². The van der Waals surface area contributed by atoms with Crippen LogP contribution in [0.3, 0.4) is 0 Å². The monoisotopic (exact) mass is 215 g/mol. The highest BCUT2D eigenvalue weighted by atomic mass is 32.1. The van der Waals surface area contributed by atoms with Crippen molar-refractivity contribution < 1.29 is 9.84 Å². The van der Waals surface area contributed by atoms with E-state index in [0.717, 1.165) is 18.7 Å². The fraction of sp³-hybridized carbons (Fsp3) is 0.600. The van der Waals surface area contributed by atoms with Gasteiger partial charge in [0.1, 0.15) is 0 Å². The molecule has 1 heterocycles. The third-order valence-corrected chi connectivity index (χ3v) is 2.59. The summed E-state index contributed by atoms with van der Waals surface area (Å²) in [4.78, 5) is 0. The molecule has 0 aliphatic carbocycles. The van der Waals surface area contributed by atoms with E-state index in [1.54, 1.807) is 11.3 Å². The molecule has 0 aromatic carbocycles. The first-order valence-corrected chi connectivity index (χ1v) is 5.77. The van der Waals surface area contributed by atoms with Gasteiger partial charge in [-0.2, -0.15) is 11.3 Å². The SMILES string of the molecule is CCOCCNCC(O)c1ccsc1. The molecular weight excluding hydrogens is 198 g/mol. The number of thiophene rings is 1. The predicted octanol–water partition coefficient (Wildman–Crippen LogP) is 1.41. The van der Waals surface area contributed by atoms with Gasteiger partial charge in [0, 0.05) is 19.7 Å². The summed E-state index contributed by atoms with van der Waals surface area (Å²) in [5, 5.41) is 16.7. The second-order valence-electron chi connectivity index (χ2n) is 2.97. The van der Waals surface area contributed by atoms with Gasteiger partial charge in [-0.25, -0.2) is 0 Å². The molecule has 3 nitrogen and oxygen atoms in total. The maximum absolute atomic E-state index is 9.67. The molecule has 14 heavy (non-hydrogen) atoms. The minimum absolute atomic E-state index is 0.400. The second kappa shape index (κ2) is 6.95. The van der Waals surface area contributed by atoms with Crippen LogP contribution in [0.5, 0.6) is 0 Å². The van der Waals surface area contributed by atoms with Crippen molar-refractivity contribution in [1.82, 2.24) is 5.32 Å². The van der Waals surface area contributed by atoms with Crippen molar-refractivity contribution in [2.24, 2.45) is 0 Å². The molecule has 1 aromatic heterocycles. The summed E-state index contributed by atoms with van der Waals surface area (Å²) >= 11 is 1.60. The molecule has 0 fully saturated rings. The standard InChI is InChI=1S/C10H17NO2S/c1-2-13-5-4-11-7-10(12)9-3-6-14-8-9/h3,6,8,10-12H,2,4-5,7H2,1H3. The molecule has 1 unspecified atom stereocenters. The van der Waals surface area contributed by atoms with E-state index in [4.69, 9.17) is 4.74 Å². The third kappa shape index (κ3) is 4.19. The Balaban J connectivity index is 2.07. The molecular formula is C10H17NO2S. The molecule has 0 saturated heterocycles. The fourth-order valence-corrected chi connectivity index (χ4v) is 1.82. The maximum atomic E-state index is 9.67. The Kier molecular flexibility index (Phi) is 5.78. The number of nitrogens with one attached hydrogen (secondary N) is 1. The quantitative estimate of drug-likeness (QED) is 0.676. The third-order valence-electron chi connectivity index (χ3n) is 1.89. The number of hydrogen-bond acceptors (Lipinski definition) is 4. The van der Waals surface area contributed by atoms with Gasteiger partial charge in [-0.1, -0.05) is 0 Å². The summed E-state index contributed by atoms with van der Waals surface area (Å²) in [5.74, 6) is 0. The highest BCUT2D eigenvalue weighted by Crippen LogP contribution is 2.14. The number of rotatable bonds is 7. The van der Waals surface area contributed by atoms with Crippen LogP contribution >= 0.6 is 11.3 Å². The molecule has 0 aliphatic heterocycles. The summed E-state index contributed by atoms with van der Waals surface area (Å²) in [6.45, 7) is 4.79. The molecule has 0 radical (unpaired) electrons. The molecule has 0 aliphatic rings. The average Bonchev–Trinajstić information content (AvgIpc) is 2.70. The summed E-state index contributed by atoms with van der Waals surface area (Å²) in [6.07, 6.45) is -0.400. The number of ether oxygens (including phenoxy) is 1. The maximum Gasteiger partial charge on any atom is 0.0922 e. The van der Waals surface area contributed by atoms with Crippen LogP contribution in [0, 0.1) is 0 Å². The summed E-state index contributed by atoms with van der Waals surface area (Å²) in [7, 11) is 0. The van der Waals surface area contributed by atoms with Crippen LogP contribution in [0.2, 0.25) is 0 Å². The first kappa shape index (κ1) is 11.7. The summed E-state index contributed by atoms with van der Waals surface area (Å²) < 4.78 is 5.16. The molecule has 1 atom stereocenters. The van der Waals surface area contributed by atoms with Gasteiger partial charge in [0.15, 0.2) is 0 Å². The highest BCUT2D eigenvalue weighted by molar-refractivity contribution is 7.07. The number of aliphatic hydroxyl groups is 1. The molecule has 1 aromatic rings. The lowest BCUT2D eigenvalue weighted by molar-refractivity contribution is 0.138. The fourth-order valence-electron chi connectivity index (χ4n) is 1.11. The van der Waals surface area contributed by atoms with Crippen LogP contribution in [0.25, 0.3) is 0 Å². The van der Waals surface area contributed by atoms with E-state index in [1.165, 1.54) is 0 Å². The summed E-state index contributed by atoms with van der Waals surface area (Å²) in [5.41, 5.74) is 0.985. The van der Waals surface area contributed by atoms with E-state index in [9.17, 15) is 5.11 Å². The topological polar surface area (TPSA) is 41.5 Å². The Morgan fingerprint density at radius 1 is 1.64 bits per heavy atom. The van der Waals surface area contributed by atoms with Crippen molar-refractivity contribution in [3.05, 3.63) is 22.4 Å². The van der Waals surface area contributed by atoms with Crippen LogP contribution in [-0.4, -0.2) is 31.4 Å². The lowest BCUT2D eigenvalue weighted by Crippen LogP contribution is -2.25. The normalized spacial score (nSPS) is 13.0. The zero-order valence-corrected chi connectivity index (χ0v) is 9.22. The molecule has 0 bridgehead atoms. The Morgan fingerprint density at radius 3 is 3.14 bits per heavy atom. The Hall–Kier alpha value is -0.420. The van der Waals surface area contributed by atoms with Crippen LogP contribution in [0.1, 0.15) is 18.6 Å². The number of hydrogen-bond donors (Lipinski definition) is 2. The van der Waals surface area contributed by atoms with Crippen LogP contribution in [0.15, 0.2) is 16.8 Å². The smallest absolute Gasteiger partial charge is 0.0922 e. The van der Waals surface area contributed by atoms with E-state index in [1.807, 2.05) is 23.8 Å². The van der Waals surface area contributed by atoms with Gasteiger partial charge in [-0.15, -0.1) is 0 Å². The van der Waals surface area contributed by atoms with Crippen molar-refractivity contribution in [1.29, 1.82) is 0 Å². The first-order valence-electron chi connectivity index (χ1n) is 4.83. The molecule has 4 heteroatoms. The minimum Gasteiger partial charge on any atom is -0.387 e. The van der Waals surface area contributed by atoms with Gasteiger partial charge < -0.3 is 15.2 Å². The first-order chi connectivity index (χ1) is 6.84. The van der Waals surface area contributed by atoms with Crippen molar-refractivity contribution in [3.63, 3.8) is 0 Å². The van der Waals surface area contributed by atoms with Crippen molar-refractivity contribution >= 4 is 11.3 Å². The highest BCUT2D eigenvalue weighted by Gasteiger charge is 2.05. The van der Waals surface area contributed by atoms with Gasteiger partial charge >= 0.3 is 0 Å². The molecule has 2 N–H and O–H groups in total. The number of aliphatic hydroxyl groups excluding tert-OH is 1. The van der Waals surface area contributed by atoms with E-state index in [-0.39, 0.29) is 0 Å². The van der Waals surface area contributed by atoms with E-state index >= 15 is 0 Å². The Morgan fingerprint density at radius 2 is 2.50 bits per heavy atom. The van der Waals surface area contributed by atoms with Crippen molar-refractivity contribution in [2.75, 3.05) is 26.3 Å². The second-order valence-corrected chi connectivity index (χ2v) is 3.75. The van der Waals surface area contributed by atoms with Crippen molar-refractivity contribution in [2.45, 2.75) is 13.0 Å². The lowest BCUT2D eigenvalue weighted by Gasteiger charge is -2.10. The van der Waals surface area contributed by atoms with Gasteiger partial charge in [-0.3, -0.25) is 0 Å². The van der Waals surface area contributed by atoms with Gasteiger partial charge in [0.05, 0.1) is 12.7 Å². The lowest BCUT2D eigenvalue weighted by atomic mass is 10.2. The minimum atomic E-state index is -0.400. The molecule has 0 spiro atoms. The average molecular weight is 215 g/mol. The van der Waals surface area contributed by atoms with Gasteiger partial charge in [-0.05, 0) is 29.3 Å². The summed E-state index contributed by atoms with van der Waals surface area (Å²) in [6, 6.07) is 1.94. The van der Waals surface area contributed by atoms with E-state index < -0.39 is 6.10 Å². The van der Waals surface area contributed by atoms with Crippen LogP contribution in [0.4, 0.5) is 0 Å². The van der Waals surface area contributed by atoms with Crippen LogP contribution < -0.4 is 5.32 Å².